The number of carbonyl (C=O) groups excluding carboxylic acids is 1. The van der Waals surface area contributed by atoms with Crippen molar-refractivity contribution < 1.29 is 104 Å². The van der Waals surface area contributed by atoms with Crippen LogP contribution >= 0.6 is 0 Å². The topological polar surface area (TPSA) is 357 Å². The number of rotatable bonds is 11. The number of amides is 1. The van der Waals surface area contributed by atoms with Crippen LogP contribution in [0, 0.1) is 0 Å². The minimum Gasteiger partial charge on any atom is -0.394 e. The standard InChI is InChI=1S/C26H45NO21/c1-6(31)27-11-15(35)21(9(4-30)43-23(11)41)47-26-20(40)22(48-25-19(39)17(37)13(33)8(3-29)45-25)14(34)10(46-26)5-42-24-18(38)16(36)12(32)7(2-28)44-24/h7-26,28-30,32-41H,2-5H2,1H3,(H,27,31)/t7-,8-,9-,10-,11-,12-,13-,14-,15-,16+,17+,18+,19+,20+,21-,22+,23-,24-,25-,26+/m1/s1. The van der Waals surface area contributed by atoms with Gasteiger partial charge in [0.1, 0.15) is 97.6 Å². The van der Waals surface area contributed by atoms with E-state index in [0.29, 0.717) is 0 Å². The Balaban J connectivity index is 1.59. The number of hydrogen-bond acceptors (Lipinski definition) is 21. The fourth-order valence-corrected chi connectivity index (χ4v) is 5.84. The summed E-state index contributed by atoms with van der Waals surface area (Å²) in [5, 5.41) is 136. The molecule has 0 aromatic heterocycles. The van der Waals surface area contributed by atoms with Gasteiger partial charge in [0.25, 0.3) is 0 Å². The second-order valence-corrected chi connectivity index (χ2v) is 11.9. The first-order valence-corrected chi connectivity index (χ1v) is 15.1. The molecule has 14 N–H and O–H groups in total. The molecule has 0 saturated carbocycles. The molecule has 0 aromatic carbocycles. The quantitative estimate of drug-likeness (QED) is 0.0947. The Bertz CT molecular complexity index is 1030. The van der Waals surface area contributed by atoms with Crippen molar-refractivity contribution in [2.45, 2.75) is 130 Å². The molecular weight excluding hydrogens is 662 g/mol. The zero-order valence-corrected chi connectivity index (χ0v) is 25.5. The first-order valence-electron chi connectivity index (χ1n) is 15.1. The highest BCUT2D eigenvalue weighted by molar-refractivity contribution is 5.73. The third-order valence-electron chi connectivity index (χ3n) is 8.59. The summed E-state index contributed by atoms with van der Waals surface area (Å²) in [5.74, 6) is -0.682. The van der Waals surface area contributed by atoms with Crippen LogP contribution in [0.5, 0.6) is 0 Å². The minimum atomic E-state index is -2.06. The van der Waals surface area contributed by atoms with Crippen LogP contribution in [0.25, 0.3) is 0 Å². The van der Waals surface area contributed by atoms with Gasteiger partial charge in [0.2, 0.25) is 5.91 Å². The molecule has 4 aliphatic heterocycles. The van der Waals surface area contributed by atoms with Gasteiger partial charge in [0.05, 0.1) is 26.4 Å². The van der Waals surface area contributed by atoms with E-state index in [0.717, 1.165) is 6.92 Å². The summed E-state index contributed by atoms with van der Waals surface area (Å²) in [4.78, 5) is 11.7. The molecule has 22 heteroatoms. The molecule has 20 atom stereocenters. The smallest absolute Gasteiger partial charge is 0.217 e. The fraction of sp³-hybridized carbons (Fsp3) is 0.962. The minimum absolute atomic E-state index is 0.682. The molecular formula is C26H45NO21. The van der Waals surface area contributed by atoms with Gasteiger partial charge in [-0.25, -0.2) is 0 Å². The van der Waals surface area contributed by atoms with Crippen molar-refractivity contribution in [1.82, 2.24) is 5.32 Å². The second kappa shape index (κ2) is 16.8. The van der Waals surface area contributed by atoms with E-state index in [-0.39, 0.29) is 0 Å². The number of carbonyl (C=O) groups is 1. The van der Waals surface area contributed by atoms with E-state index in [9.17, 15) is 71.2 Å². The van der Waals surface area contributed by atoms with Gasteiger partial charge in [-0.2, -0.15) is 0 Å². The maximum atomic E-state index is 11.7. The second-order valence-electron chi connectivity index (χ2n) is 11.9. The van der Waals surface area contributed by atoms with Crippen LogP contribution < -0.4 is 5.32 Å². The maximum absolute atomic E-state index is 11.7. The van der Waals surface area contributed by atoms with Crippen molar-refractivity contribution in [3.8, 4) is 0 Å². The van der Waals surface area contributed by atoms with E-state index in [1.54, 1.807) is 0 Å². The van der Waals surface area contributed by atoms with E-state index in [1.165, 1.54) is 0 Å². The predicted molar refractivity (Wildman–Crippen MR) is 145 cm³/mol. The number of aliphatic hydroxyl groups is 13. The van der Waals surface area contributed by atoms with E-state index < -0.39 is 155 Å². The molecule has 0 spiro atoms. The summed E-state index contributed by atoms with van der Waals surface area (Å²) < 4.78 is 38.4. The van der Waals surface area contributed by atoms with Gasteiger partial charge in [-0.15, -0.1) is 0 Å². The maximum Gasteiger partial charge on any atom is 0.217 e. The average molecular weight is 708 g/mol. The van der Waals surface area contributed by atoms with Gasteiger partial charge in [-0.05, 0) is 0 Å². The van der Waals surface area contributed by atoms with Crippen molar-refractivity contribution in [2.75, 3.05) is 26.4 Å². The Hall–Kier alpha value is -1.33. The Morgan fingerprint density at radius 3 is 1.56 bits per heavy atom. The van der Waals surface area contributed by atoms with Gasteiger partial charge >= 0.3 is 0 Å². The molecule has 22 nitrogen and oxygen atoms in total. The van der Waals surface area contributed by atoms with E-state index in [1.807, 2.05) is 0 Å². The molecule has 0 bridgehead atoms. The van der Waals surface area contributed by atoms with Crippen LogP contribution in [0.15, 0.2) is 0 Å². The molecule has 4 saturated heterocycles. The Labute approximate surface area is 272 Å². The van der Waals surface area contributed by atoms with Crippen molar-refractivity contribution in [2.24, 2.45) is 0 Å². The van der Waals surface area contributed by atoms with E-state index in [2.05, 4.69) is 5.32 Å². The average Bonchev–Trinajstić information content (AvgIpc) is 3.05. The molecule has 4 heterocycles. The molecule has 4 aliphatic rings. The lowest BCUT2D eigenvalue weighted by atomic mass is 9.95. The molecule has 48 heavy (non-hydrogen) atoms. The highest BCUT2D eigenvalue weighted by Gasteiger charge is 2.54. The summed E-state index contributed by atoms with van der Waals surface area (Å²) in [6.07, 6.45) is -33.7. The summed E-state index contributed by atoms with van der Waals surface area (Å²) in [5.41, 5.74) is 0. The zero-order chi connectivity index (χ0) is 35.6. The first kappa shape index (κ1) is 39.5. The predicted octanol–water partition coefficient (Wildman–Crippen LogP) is -9.61. The van der Waals surface area contributed by atoms with Crippen molar-refractivity contribution >= 4 is 5.91 Å². The van der Waals surface area contributed by atoms with Crippen LogP contribution in [-0.2, 0) is 38.0 Å². The molecule has 0 aliphatic carbocycles. The SMILES string of the molecule is CC(=O)N[C@@H]1[C@@H](O)[C@H](O[C@@H]2O[C@H](CO[C@@H]3O[C@H](CO)[C@@H](O)[C@H](O)[C@@H]3O)[C@@H](O)[C@H](O[C@H]3O[C@H](CO)[C@@H](O)[C@H](O)[C@@H]3O)[C@@H]2O)[C@@H](CO)O[C@H]1O. The normalized spacial score (nSPS) is 50.2. The Morgan fingerprint density at radius 1 is 0.542 bits per heavy atom. The third-order valence-corrected chi connectivity index (χ3v) is 8.59. The van der Waals surface area contributed by atoms with Gasteiger partial charge < -0.3 is 105 Å². The highest BCUT2D eigenvalue weighted by atomic mass is 16.8. The van der Waals surface area contributed by atoms with Crippen LogP contribution in [0.3, 0.4) is 0 Å². The largest absolute Gasteiger partial charge is 0.394 e. The summed E-state index contributed by atoms with van der Waals surface area (Å²) in [7, 11) is 0. The lowest BCUT2D eigenvalue weighted by molar-refractivity contribution is -0.379. The van der Waals surface area contributed by atoms with Crippen molar-refractivity contribution in [1.29, 1.82) is 0 Å². The van der Waals surface area contributed by atoms with Gasteiger partial charge in [0, 0.05) is 6.92 Å². The first-order chi connectivity index (χ1) is 22.6. The zero-order valence-electron chi connectivity index (χ0n) is 25.5. The molecule has 4 rings (SSSR count). The molecule has 280 valence electrons. The van der Waals surface area contributed by atoms with E-state index in [4.69, 9.17) is 33.2 Å². The molecule has 0 unspecified atom stereocenters. The van der Waals surface area contributed by atoms with Crippen LogP contribution in [0.4, 0.5) is 0 Å². The molecule has 1 amide bonds. The highest BCUT2D eigenvalue weighted by Crippen LogP contribution is 2.33. The summed E-state index contributed by atoms with van der Waals surface area (Å²) >= 11 is 0. The van der Waals surface area contributed by atoms with Crippen molar-refractivity contribution in [3.63, 3.8) is 0 Å². The molecule has 4 fully saturated rings. The Kier molecular flexibility index (Phi) is 13.8. The van der Waals surface area contributed by atoms with Crippen molar-refractivity contribution in [3.05, 3.63) is 0 Å². The molecule has 0 radical (unpaired) electrons. The van der Waals surface area contributed by atoms with Gasteiger partial charge in [0.15, 0.2) is 25.2 Å². The monoisotopic (exact) mass is 707 g/mol. The number of ether oxygens (including phenoxy) is 7. The summed E-state index contributed by atoms with van der Waals surface area (Å²) in [6, 6.07) is -1.49. The van der Waals surface area contributed by atoms with Gasteiger partial charge in [-0.3, -0.25) is 4.79 Å². The van der Waals surface area contributed by atoms with Crippen LogP contribution in [-0.4, -0.2) is 221 Å². The van der Waals surface area contributed by atoms with Crippen LogP contribution in [0.1, 0.15) is 6.92 Å². The lowest BCUT2D eigenvalue weighted by Gasteiger charge is -2.48. The summed E-state index contributed by atoms with van der Waals surface area (Å²) in [6.45, 7) is -2.15. The number of nitrogens with one attached hydrogen (secondary N) is 1. The number of aliphatic hydroxyl groups excluding tert-OH is 13. The van der Waals surface area contributed by atoms with Crippen LogP contribution in [0.2, 0.25) is 0 Å². The number of hydrogen-bond donors (Lipinski definition) is 14. The Morgan fingerprint density at radius 2 is 1.02 bits per heavy atom. The van der Waals surface area contributed by atoms with E-state index >= 15 is 0 Å². The lowest BCUT2D eigenvalue weighted by Crippen LogP contribution is -2.68. The third kappa shape index (κ3) is 8.24. The fourth-order valence-electron chi connectivity index (χ4n) is 5.84. The van der Waals surface area contributed by atoms with Gasteiger partial charge in [-0.1, -0.05) is 0 Å². The molecule has 0 aromatic rings.